The van der Waals surface area contributed by atoms with Crippen LogP contribution in [-0.4, -0.2) is 42.8 Å². The van der Waals surface area contributed by atoms with E-state index >= 15 is 0 Å². The molecule has 21 heavy (non-hydrogen) atoms. The molecule has 0 bridgehead atoms. The minimum Gasteiger partial charge on any atom is -0.490 e. The van der Waals surface area contributed by atoms with Gasteiger partial charge in [-0.15, -0.1) is 0 Å². The molecular formula is C14H18BrNO5. The van der Waals surface area contributed by atoms with Crippen molar-refractivity contribution in [2.75, 3.05) is 13.7 Å². The fourth-order valence-corrected chi connectivity index (χ4v) is 1.93. The van der Waals surface area contributed by atoms with Gasteiger partial charge in [0.25, 0.3) is 5.91 Å². The van der Waals surface area contributed by atoms with E-state index in [1.807, 2.05) is 13.8 Å². The summed E-state index contributed by atoms with van der Waals surface area (Å²) in [6.45, 7) is 3.59. The topological polar surface area (TPSA) is 84.9 Å². The van der Waals surface area contributed by atoms with Crippen LogP contribution in [0, 0.1) is 0 Å². The van der Waals surface area contributed by atoms with Crippen molar-refractivity contribution >= 4 is 27.8 Å². The molecule has 1 aromatic rings. The van der Waals surface area contributed by atoms with Crippen LogP contribution < -0.4 is 10.1 Å². The number of methoxy groups -OCH3 is 1. The SMILES string of the molecule is COC(CNC(=O)c1ccc(Br)cc1OC(C)C)C(=O)O. The number of amides is 1. The summed E-state index contributed by atoms with van der Waals surface area (Å²) in [6.07, 6.45) is -1.17. The van der Waals surface area contributed by atoms with E-state index in [2.05, 4.69) is 21.2 Å². The lowest BCUT2D eigenvalue weighted by Crippen LogP contribution is -2.38. The van der Waals surface area contributed by atoms with Crippen molar-refractivity contribution in [3.8, 4) is 5.75 Å². The van der Waals surface area contributed by atoms with Crippen LogP contribution in [-0.2, 0) is 9.53 Å². The smallest absolute Gasteiger partial charge is 0.334 e. The molecular weight excluding hydrogens is 342 g/mol. The number of halogens is 1. The summed E-state index contributed by atoms with van der Waals surface area (Å²) in [5.41, 5.74) is 0.340. The third-order valence-corrected chi connectivity index (χ3v) is 3.05. The molecule has 116 valence electrons. The van der Waals surface area contributed by atoms with Gasteiger partial charge in [-0.25, -0.2) is 4.79 Å². The fraction of sp³-hybridized carbons (Fsp3) is 0.429. The van der Waals surface area contributed by atoms with E-state index in [4.69, 9.17) is 14.6 Å². The average molecular weight is 360 g/mol. The van der Waals surface area contributed by atoms with Crippen molar-refractivity contribution in [2.45, 2.75) is 26.1 Å². The van der Waals surface area contributed by atoms with Crippen LogP contribution in [0.15, 0.2) is 22.7 Å². The maximum atomic E-state index is 12.1. The fourth-order valence-electron chi connectivity index (χ4n) is 1.59. The molecule has 0 saturated carbocycles. The van der Waals surface area contributed by atoms with Gasteiger partial charge in [-0.05, 0) is 32.0 Å². The van der Waals surface area contributed by atoms with Crippen LogP contribution >= 0.6 is 15.9 Å². The molecule has 0 aromatic heterocycles. The Kier molecular flexibility index (Phi) is 6.64. The molecule has 1 unspecified atom stereocenters. The first-order chi connectivity index (χ1) is 9.85. The highest BCUT2D eigenvalue weighted by Gasteiger charge is 2.19. The second kappa shape index (κ2) is 7.99. The first-order valence-electron chi connectivity index (χ1n) is 6.35. The molecule has 1 amide bonds. The quantitative estimate of drug-likeness (QED) is 0.778. The summed E-state index contributed by atoms with van der Waals surface area (Å²) in [6, 6.07) is 5.02. The highest BCUT2D eigenvalue weighted by molar-refractivity contribution is 9.10. The van der Waals surface area contributed by atoms with E-state index in [-0.39, 0.29) is 12.6 Å². The van der Waals surface area contributed by atoms with Gasteiger partial charge < -0.3 is 19.9 Å². The normalized spacial score (nSPS) is 12.0. The van der Waals surface area contributed by atoms with Gasteiger partial charge in [0.1, 0.15) is 5.75 Å². The number of benzene rings is 1. The second-order valence-electron chi connectivity index (χ2n) is 4.58. The monoisotopic (exact) mass is 359 g/mol. The van der Waals surface area contributed by atoms with Crippen molar-refractivity contribution < 1.29 is 24.2 Å². The Morgan fingerprint density at radius 3 is 2.57 bits per heavy atom. The summed E-state index contributed by atoms with van der Waals surface area (Å²) in [7, 11) is 1.28. The van der Waals surface area contributed by atoms with Gasteiger partial charge in [0.05, 0.1) is 18.2 Å². The first kappa shape index (κ1) is 17.5. The van der Waals surface area contributed by atoms with Gasteiger partial charge in [-0.2, -0.15) is 0 Å². The third kappa shape index (κ3) is 5.35. The minimum atomic E-state index is -1.13. The van der Waals surface area contributed by atoms with E-state index in [9.17, 15) is 9.59 Å². The number of carboxylic acids is 1. The van der Waals surface area contributed by atoms with Crippen molar-refractivity contribution in [2.24, 2.45) is 0 Å². The Morgan fingerprint density at radius 1 is 1.38 bits per heavy atom. The number of hydrogen-bond donors (Lipinski definition) is 2. The lowest BCUT2D eigenvalue weighted by Gasteiger charge is -2.16. The highest BCUT2D eigenvalue weighted by atomic mass is 79.9. The molecule has 1 atom stereocenters. The van der Waals surface area contributed by atoms with Gasteiger partial charge >= 0.3 is 5.97 Å². The maximum absolute atomic E-state index is 12.1. The molecule has 0 fully saturated rings. The molecule has 0 radical (unpaired) electrons. The Bertz CT molecular complexity index is 518. The van der Waals surface area contributed by atoms with Crippen LogP contribution in [0.3, 0.4) is 0 Å². The standard InChI is InChI=1S/C14H18BrNO5/c1-8(2)21-11-6-9(15)4-5-10(11)13(17)16-7-12(20-3)14(18)19/h4-6,8,12H,7H2,1-3H3,(H,16,17)(H,18,19). The number of aliphatic carboxylic acids is 1. The Labute approximate surface area is 131 Å². The van der Waals surface area contributed by atoms with Gasteiger partial charge in [-0.3, -0.25) is 4.79 Å². The predicted molar refractivity (Wildman–Crippen MR) is 80.7 cm³/mol. The molecule has 0 saturated heterocycles. The Morgan fingerprint density at radius 2 is 2.05 bits per heavy atom. The number of ether oxygens (including phenoxy) is 2. The van der Waals surface area contributed by atoms with Gasteiger partial charge in [0.2, 0.25) is 0 Å². The highest BCUT2D eigenvalue weighted by Crippen LogP contribution is 2.24. The lowest BCUT2D eigenvalue weighted by atomic mass is 10.2. The lowest BCUT2D eigenvalue weighted by molar-refractivity contribution is -0.148. The van der Waals surface area contributed by atoms with Crippen LogP contribution in [0.25, 0.3) is 0 Å². The average Bonchev–Trinajstić information content (AvgIpc) is 2.38. The van der Waals surface area contributed by atoms with E-state index < -0.39 is 18.0 Å². The van der Waals surface area contributed by atoms with Crippen LogP contribution in [0.2, 0.25) is 0 Å². The zero-order chi connectivity index (χ0) is 16.0. The van der Waals surface area contributed by atoms with Gasteiger partial charge in [-0.1, -0.05) is 15.9 Å². The molecule has 1 rings (SSSR count). The van der Waals surface area contributed by atoms with Crippen LogP contribution in [0.1, 0.15) is 24.2 Å². The summed E-state index contributed by atoms with van der Waals surface area (Å²) in [4.78, 5) is 23.0. The molecule has 6 nitrogen and oxygen atoms in total. The number of hydrogen-bond acceptors (Lipinski definition) is 4. The molecule has 0 heterocycles. The second-order valence-corrected chi connectivity index (χ2v) is 5.50. The third-order valence-electron chi connectivity index (χ3n) is 2.56. The van der Waals surface area contributed by atoms with Crippen LogP contribution in [0.4, 0.5) is 0 Å². The molecule has 7 heteroatoms. The van der Waals surface area contributed by atoms with E-state index in [0.29, 0.717) is 11.3 Å². The van der Waals surface area contributed by atoms with Gasteiger partial charge in [0, 0.05) is 11.6 Å². The summed E-state index contributed by atoms with van der Waals surface area (Å²) < 4.78 is 11.1. The summed E-state index contributed by atoms with van der Waals surface area (Å²) >= 11 is 3.32. The molecule has 0 aliphatic carbocycles. The molecule has 0 aliphatic rings. The predicted octanol–water partition coefficient (Wildman–Crippen LogP) is 2.07. The van der Waals surface area contributed by atoms with E-state index in [0.717, 1.165) is 4.47 Å². The number of carboxylic acid groups (broad SMARTS) is 1. The maximum Gasteiger partial charge on any atom is 0.334 e. The Hall–Kier alpha value is -1.60. The van der Waals surface area contributed by atoms with Crippen molar-refractivity contribution in [3.05, 3.63) is 28.2 Å². The summed E-state index contributed by atoms with van der Waals surface area (Å²) in [5, 5.41) is 11.4. The largest absolute Gasteiger partial charge is 0.490 e. The number of rotatable bonds is 7. The Balaban J connectivity index is 2.84. The van der Waals surface area contributed by atoms with E-state index in [1.165, 1.54) is 7.11 Å². The van der Waals surface area contributed by atoms with E-state index in [1.54, 1.807) is 18.2 Å². The van der Waals surface area contributed by atoms with Crippen molar-refractivity contribution in [1.29, 1.82) is 0 Å². The van der Waals surface area contributed by atoms with Gasteiger partial charge in [0.15, 0.2) is 6.10 Å². The van der Waals surface area contributed by atoms with Crippen LogP contribution in [0.5, 0.6) is 5.75 Å². The molecule has 0 spiro atoms. The summed E-state index contributed by atoms with van der Waals surface area (Å²) in [5.74, 6) is -1.12. The number of carbonyl (C=O) groups excluding carboxylic acids is 1. The molecule has 2 N–H and O–H groups in total. The zero-order valence-electron chi connectivity index (χ0n) is 12.1. The zero-order valence-corrected chi connectivity index (χ0v) is 13.6. The van der Waals surface area contributed by atoms with Crippen molar-refractivity contribution in [3.63, 3.8) is 0 Å². The molecule has 0 aliphatic heterocycles. The van der Waals surface area contributed by atoms with Crippen molar-refractivity contribution in [1.82, 2.24) is 5.32 Å². The molecule has 1 aromatic carbocycles. The number of carbonyl (C=O) groups is 2. The number of nitrogens with one attached hydrogen (secondary N) is 1. The first-order valence-corrected chi connectivity index (χ1v) is 7.14. The minimum absolute atomic E-state index is 0.0865.